The first-order chi connectivity index (χ1) is 10.9. The molecule has 1 rings (SSSR count). The number of hydrogen-bond donors (Lipinski definition) is 1. The quantitative estimate of drug-likeness (QED) is 0.759. The van der Waals surface area contributed by atoms with Crippen LogP contribution in [0.25, 0.3) is 0 Å². The molecule has 1 aromatic carbocycles. The van der Waals surface area contributed by atoms with Gasteiger partial charge in [0.05, 0.1) is 6.04 Å². The van der Waals surface area contributed by atoms with Crippen LogP contribution in [0.1, 0.15) is 33.6 Å². The van der Waals surface area contributed by atoms with Crippen LogP contribution in [0.2, 0.25) is 0 Å². The lowest BCUT2D eigenvalue weighted by Gasteiger charge is -2.21. The van der Waals surface area contributed by atoms with Gasteiger partial charge in [-0.05, 0) is 38.7 Å². The molecular formula is C16H21FN2O4. The largest absolute Gasteiger partial charge is 0.358 e. The fourth-order valence-electron chi connectivity index (χ4n) is 1.77. The van der Waals surface area contributed by atoms with Crippen molar-refractivity contribution in [3.05, 3.63) is 35.1 Å². The van der Waals surface area contributed by atoms with Gasteiger partial charge in [0.15, 0.2) is 12.6 Å². The lowest BCUT2D eigenvalue weighted by atomic mass is 10.1. The summed E-state index contributed by atoms with van der Waals surface area (Å²) >= 11 is 0. The molecular weight excluding hydrogens is 303 g/mol. The number of halogens is 1. The predicted octanol–water partition coefficient (Wildman–Crippen LogP) is 1.09. The van der Waals surface area contributed by atoms with Crippen LogP contribution >= 0.6 is 0 Å². The molecule has 1 amide bonds. The van der Waals surface area contributed by atoms with Crippen molar-refractivity contribution in [3.63, 3.8) is 0 Å². The molecule has 0 aliphatic rings. The van der Waals surface area contributed by atoms with Crippen molar-refractivity contribution in [3.8, 4) is 0 Å². The van der Waals surface area contributed by atoms with Crippen LogP contribution in [-0.2, 0) is 9.59 Å². The van der Waals surface area contributed by atoms with E-state index in [9.17, 15) is 23.6 Å². The Balaban J connectivity index is 0.000000422. The summed E-state index contributed by atoms with van der Waals surface area (Å²) in [6.45, 7) is 0. The Bertz CT molecular complexity index is 547. The first kappa shape index (κ1) is 20.6. The smallest absolute Gasteiger partial charge is 0.237 e. The van der Waals surface area contributed by atoms with E-state index in [4.69, 9.17) is 0 Å². The Kier molecular flexibility index (Phi) is 10.0. The Morgan fingerprint density at radius 2 is 1.83 bits per heavy atom. The second kappa shape index (κ2) is 11.2. The molecule has 0 aliphatic heterocycles. The third-order valence-corrected chi connectivity index (χ3v) is 3.03. The second-order valence-electron chi connectivity index (χ2n) is 4.85. The van der Waals surface area contributed by atoms with Gasteiger partial charge in [-0.2, -0.15) is 0 Å². The molecule has 0 bridgehead atoms. The predicted molar refractivity (Wildman–Crippen MR) is 84.0 cm³/mol. The number of likely N-dealkylation sites (N-methyl/N-ethyl adjacent to an activating group) is 2. The lowest BCUT2D eigenvalue weighted by Crippen LogP contribution is -2.42. The summed E-state index contributed by atoms with van der Waals surface area (Å²) in [7, 11) is 5.25. The van der Waals surface area contributed by atoms with Gasteiger partial charge in [-0.25, -0.2) is 4.39 Å². The number of nitrogens with zero attached hydrogens (tertiary/aromatic N) is 1. The second-order valence-corrected chi connectivity index (χ2v) is 4.85. The van der Waals surface area contributed by atoms with Crippen LogP contribution in [0.4, 0.5) is 4.39 Å². The van der Waals surface area contributed by atoms with E-state index in [0.717, 1.165) is 18.4 Å². The summed E-state index contributed by atoms with van der Waals surface area (Å²) in [6.07, 6.45) is 2.81. The third kappa shape index (κ3) is 7.42. The highest BCUT2D eigenvalue weighted by Crippen LogP contribution is 2.06. The Hall–Kier alpha value is -2.41. The molecule has 0 heterocycles. The van der Waals surface area contributed by atoms with E-state index in [-0.39, 0.29) is 23.1 Å². The number of aldehydes is 3. The maximum absolute atomic E-state index is 12.4. The van der Waals surface area contributed by atoms with Crippen LogP contribution in [-0.4, -0.2) is 56.9 Å². The van der Waals surface area contributed by atoms with Gasteiger partial charge in [-0.15, -0.1) is 0 Å². The highest BCUT2D eigenvalue weighted by Gasteiger charge is 2.18. The van der Waals surface area contributed by atoms with E-state index in [1.165, 1.54) is 6.07 Å². The fourth-order valence-corrected chi connectivity index (χ4v) is 1.77. The maximum Gasteiger partial charge on any atom is 0.237 e. The van der Waals surface area contributed by atoms with Crippen LogP contribution in [0.3, 0.4) is 0 Å². The van der Waals surface area contributed by atoms with E-state index in [2.05, 4.69) is 5.32 Å². The average Bonchev–Trinajstić information content (AvgIpc) is 2.55. The molecule has 0 saturated heterocycles. The number of benzene rings is 1. The van der Waals surface area contributed by atoms with Gasteiger partial charge in [0.25, 0.3) is 0 Å². The first-order valence-corrected chi connectivity index (χ1v) is 6.92. The minimum absolute atomic E-state index is 0.0400. The SMILES string of the molecule is CNC(=O)C(CCC=O)N(C)C.O=Cc1ccc(F)cc1C=O. The van der Waals surface area contributed by atoms with Gasteiger partial charge in [-0.1, -0.05) is 0 Å². The monoisotopic (exact) mass is 324 g/mol. The molecule has 0 aromatic heterocycles. The van der Waals surface area contributed by atoms with Crippen molar-refractivity contribution in [1.82, 2.24) is 10.2 Å². The molecule has 0 radical (unpaired) electrons. The minimum atomic E-state index is -0.516. The van der Waals surface area contributed by atoms with Gasteiger partial charge < -0.3 is 10.1 Å². The number of carbonyl (C=O) groups excluding carboxylic acids is 4. The highest BCUT2D eigenvalue weighted by atomic mass is 19.1. The maximum atomic E-state index is 12.4. The topological polar surface area (TPSA) is 83.6 Å². The molecule has 1 N–H and O–H groups in total. The lowest BCUT2D eigenvalue weighted by molar-refractivity contribution is -0.125. The summed E-state index contributed by atoms with van der Waals surface area (Å²) in [5.74, 6) is -0.556. The summed E-state index contributed by atoms with van der Waals surface area (Å²) in [5, 5.41) is 2.56. The number of hydrogen-bond acceptors (Lipinski definition) is 5. The van der Waals surface area contributed by atoms with E-state index in [1.807, 2.05) is 19.0 Å². The fraction of sp³-hybridized carbons (Fsp3) is 0.375. The average molecular weight is 324 g/mol. The zero-order chi connectivity index (χ0) is 17.8. The van der Waals surface area contributed by atoms with E-state index < -0.39 is 5.82 Å². The van der Waals surface area contributed by atoms with E-state index in [0.29, 0.717) is 25.4 Å². The molecule has 0 aliphatic carbocycles. The summed E-state index contributed by atoms with van der Waals surface area (Å²) in [4.78, 5) is 43.5. The molecule has 7 heteroatoms. The van der Waals surface area contributed by atoms with Crippen molar-refractivity contribution >= 4 is 24.8 Å². The van der Waals surface area contributed by atoms with Crippen molar-refractivity contribution in [1.29, 1.82) is 0 Å². The Labute approximate surface area is 134 Å². The number of rotatable bonds is 7. The Morgan fingerprint density at radius 1 is 1.22 bits per heavy atom. The van der Waals surface area contributed by atoms with Crippen LogP contribution in [0.15, 0.2) is 18.2 Å². The normalized spacial score (nSPS) is 11.0. The highest BCUT2D eigenvalue weighted by molar-refractivity contribution is 5.90. The number of amides is 1. The number of carbonyl (C=O) groups is 4. The van der Waals surface area contributed by atoms with Gasteiger partial charge in [0, 0.05) is 24.6 Å². The molecule has 0 saturated carbocycles. The standard InChI is InChI=1S/C8H5FO2.C8H16N2O2/c9-8-2-1-6(4-10)7(3-8)5-11;1-9-8(12)7(10(2)3)5-4-6-11/h1-5H;6-7H,4-5H2,1-3H3,(H,9,12). The van der Waals surface area contributed by atoms with Gasteiger partial charge >= 0.3 is 0 Å². The molecule has 0 spiro atoms. The minimum Gasteiger partial charge on any atom is -0.358 e. The van der Waals surface area contributed by atoms with E-state index >= 15 is 0 Å². The van der Waals surface area contributed by atoms with Gasteiger partial charge in [0.2, 0.25) is 5.91 Å². The third-order valence-electron chi connectivity index (χ3n) is 3.03. The molecule has 1 aromatic rings. The van der Waals surface area contributed by atoms with Crippen LogP contribution in [0, 0.1) is 5.82 Å². The molecule has 6 nitrogen and oxygen atoms in total. The number of nitrogens with one attached hydrogen (secondary N) is 1. The molecule has 1 unspecified atom stereocenters. The molecule has 0 fully saturated rings. The summed E-state index contributed by atoms with van der Waals surface area (Å²) < 4.78 is 12.4. The van der Waals surface area contributed by atoms with Gasteiger partial charge in [0.1, 0.15) is 12.1 Å². The van der Waals surface area contributed by atoms with E-state index in [1.54, 1.807) is 7.05 Å². The zero-order valence-electron chi connectivity index (χ0n) is 13.4. The van der Waals surface area contributed by atoms with Crippen molar-refractivity contribution in [2.24, 2.45) is 0 Å². The zero-order valence-corrected chi connectivity index (χ0v) is 13.4. The Morgan fingerprint density at radius 3 is 2.26 bits per heavy atom. The van der Waals surface area contributed by atoms with Crippen molar-refractivity contribution in [2.75, 3.05) is 21.1 Å². The van der Waals surface area contributed by atoms with Crippen molar-refractivity contribution < 1.29 is 23.6 Å². The van der Waals surface area contributed by atoms with Crippen LogP contribution < -0.4 is 5.32 Å². The summed E-state index contributed by atoms with van der Waals surface area (Å²) in [6, 6.07) is 3.24. The van der Waals surface area contributed by atoms with Crippen molar-refractivity contribution in [2.45, 2.75) is 18.9 Å². The molecule has 126 valence electrons. The first-order valence-electron chi connectivity index (χ1n) is 6.92. The van der Waals surface area contributed by atoms with Gasteiger partial charge in [-0.3, -0.25) is 19.3 Å². The molecule has 1 atom stereocenters. The molecule has 23 heavy (non-hydrogen) atoms. The van der Waals surface area contributed by atoms with Crippen LogP contribution in [0.5, 0.6) is 0 Å². The summed E-state index contributed by atoms with van der Waals surface area (Å²) in [5.41, 5.74) is 0.293.